The Hall–Kier alpha value is -2.28. The Morgan fingerprint density at radius 1 is 1.45 bits per heavy atom. The highest BCUT2D eigenvalue weighted by Gasteiger charge is 2.27. The van der Waals surface area contributed by atoms with Crippen LogP contribution in [0.2, 0.25) is 0 Å². The van der Waals surface area contributed by atoms with Crippen molar-refractivity contribution in [1.29, 1.82) is 0 Å². The van der Waals surface area contributed by atoms with Crippen LogP contribution >= 0.6 is 0 Å². The normalized spacial score (nSPS) is 17.2. The summed E-state index contributed by atoms with van der Waals surface area (Å²) in [4.78, 5) is 15.4. The molecule has 7 nitrogen and oxygen atoms in total. The third-order valence-electron chi connectivity index (χ3n) is 2.98. The number of aryl methyl sites for hydroxylation is 1. The van der Waals surface area contributed by atoms with Crippen molar-refractivity contribution in [3.05, 3.63) is 23.3 Å². The van der Waals surface area contributed by atoms with E-state index >= 15 is 0 Å². The van der Waals surface area contributed by atoms with Crippen LogP contribution < -0.4 is 15.0 Å². The summed E-state index contributed by atoms with van der Waals surface area (Å²) in [5.74, 6) is 0.934. The Balaban J connectivity index is 2.35. The maximum Gasteiger partial charge on any atom is 0.271 e. The summed E-state index contributed by atoms with van der Waals surface area (Å²) in [7, 11) is 3.11. The number of nitrogens with zero attached hydrogens (tertiary/aromatic N) is 1. The minimum absolute atomic E-state index is 0.0924. The van der Waals surface area contributed by atoms with Crippen LogP contribution in [-0.2, 0) is 9.53 Å². The minimum Gasteiger partial charge on any atom is -0.493 e. The summed E-state index contributed by atoms with van der Waals surface area (Å²) in [6, 6.07) is 2.81. The molecule has 1 aromatic rings. The van der Waals surface area contributed by atoms with Crippen molar-refractivity contribution in [3.63, 3.8) is 0 Å². The number of carbonyl (C=O) groups is 1. The van der Waals surface area contributed by atoms with Crippen LogP contribution in [-0.4, -0.2) is 43.9 Å². The van der Waals surface area contributed by atoms with E-state index in [1.54, 1.807) is 25.8 Å². The first kappa shape index (κ1) is 14.1. The van der Waals surface area contributed by atoms with Crippen LogP contribution in [0.5, 0.6) is 11.5 Å². The number of amides is 1. The van der Waals surface area contributed by atoms with E-state index in [1.807, 2.05) is 13.0 Å². The van der Waals surface area contributed by atoms with Crippen molar-refractivity contribution >= 4 is 11.8 Å². The lowest BCUT2D eigenvalue weighted by Gasteiger charge is -2.12. The van der Waals surface area contributed by atoms with Crippen LogP contribution in [0.3, 0.4) is 0 Å². The van der Waals surface area contributed by atoms with Crippen molar-refractivity contribution in [3.8, 4) is 11.5 Å². The first-order valence-corrected chi connectivity index (χ1v) is 5.98. The van der Waals surface area contributed by atoms with Crippen molar-refractivity contribution in [2.75, 3.05) is 20.8 Å². The summed E-state index contributed by atoms with van der Waals surface area (Å²) in [5.41, 5.74) is 3.11. The van der Waals surface area contributed by atoms with Gasteiger partial charge in [0.25, 0.3) is 5.91 Å². The fraction of sp³-hybridized carbons (Fsp3) is 0.385. The molecule has 0 aliphatic carbocycles. The zero-order valence-corrected chi connectivity index (χ0v) is 11.5. The van der Waals surface area contributed by atoms with Crippen LogP contribution in [0.1, 0.15) is 11.1 Å². The highest BCUT2D eigenvalue weighted by Crippen LogP contribution is 2.32. The van der Waals surface area contributed by atoms with Gasteiger partial charge in [0.1, 0.15) is 6.61 Å². The van der Waals surface area contributed by atoms with Gasteiger partial charge in [0.2, 0.25) is 5.90 Å². The Labute approximate surface area is 116 Å². The molecule has 0 saturated carbocycles. The Kier molecular flexibility index (Phi) is 4.09. The number of hydrogen-bond acceptors (Lipinski definition) is 6. The van der Waals surface area contributed by atoms with Gasteiger partial charge in [-0.25, -0.2) is 10.5 Å². The third kappa shape index (κ3) is 2.53. The molecular weight excluding hydrogens is 264 g/mol. The number of ether oxygens (including phenoxy) is 3. The van der Waals surface area contributed by atoms with Crippen molar-refractivity contribution < 1.29 is 24.2 Å². The number of methoxy groups -OCH3 is 2. The van der Waals surface area contributed by atoms with Crippen molar-refractivity contribution in [2.45, 2.75) is 13.0 Å². The number of benzene rings is 1. The van der Waals surface area contributed by atoms with Gasteiger partial charge in [0.15, 0.2) is 17.5 Å². The predicted octanol–water partition coefficient (Wildman–Crippen LogP) is 0.663. The lowest BCUT2D eigenvalue weighted by molar-refractivity contribution is -0.130. The molecule has 0 fully saturated rings. The first-order valence-electron chi connectivity index (χ1n) is 5.98. The van der Waals surface area contributed by atoms with Gasteiger partial charge in [-0.05, 0) is 24.6 Å². The number of hydrogen-bond donors (Lipinski definition) is 2. The van der Waals surface area contributed by atoms with E-state index in [4.69, 9.17) is 19.4 Å². The van der Waals surface area contributed by atoms with Gasteiger partial charge in [-0.15, -0.1) is 0 Å². The number of carbonyl (C=O) groups excluding carboxylic acids is 1. The van der Waals surface area contributed by atoms with Crippen LogP contribution in [0.4, 0.5) is 0 Å². The zero-order valence-electron chi connectivity index (χ0n) is 11.5. The second-order valence-corrected chi connectivity index (χ2v) is 4.27. The topological polar surface area (TPSA) is 89.4 Å². The SMILES string of the molecule is COc1cc(C2=NC(C(=O)NO)CO2)cc(C)c1OC. The zero-order chi connectivity index (χ0) is 14.7. The van der Waals surface area contributed by atoms with Crippen LogP contribution in [0.15, 0.2) is 17.1 Å². The highest BCUT2D eigenvalue weighted by atomic mass is 16.5. The lowest BCUT2D eigenvalue weighted by Crippen LogP contribution is -2.31. The van der Waals surface area contributed by atoms with Gasteiger partial charge in [0.05, 0.1) is 14.2 Å². The summed E-state index contributed by atoms with van der Waals surface area (Å²) in [6.07, 6.45) is 0. The van der Waals surface area contributed by atoms with E-state index in [0.717, 1.165) is 5.56 Å². The van der Waals surface area contributed by atoms with Gasteiger partial charge >= 0.3 is 0 Å². The summed E-state index contributed by atoms with van der Waals surface area (Å²) < 4.78 is 15.9. The average Bonchev–Trinajstić information content (AvgIpc) is 2.95. The molecule has 7 heteroatoms. The molecule has 0 saturated heterocycles. The number of nitrogens with one attached hydrogen (secondary N) is 1. The Morgan fingerprint density at radius 2 is 2.20 bits per heavy atom. The molecule has 2 rings (SSSR count). The second-order valence-electron chi connectivity index (χ2n) is 4.27. The van der Waals surface area contributed by atoms with Gasteiger partial charge in [0, 0.05) is 5.56 Å². The van der Waals surface area contributed by atoms with Crippen molar-refractivity contribution in [1.82, 2.24) is 5.48 Å². The molecule has 1 aliphatic rings. The third-order valence-corrected chi connectivity index (χ3v) is 2.98. The summed E-state index contributed by atoms with van der Waals surface area (Å²) >= 11 is 0. The quantitative estimate of drug-likeness (QED) is 0.625. The molecule has 2 N–H and O–H groups in total. The molecular formula is C13H16N2O5. The molecule has 1 atom stereocenters. The molecule has 1 amide bonds. The molecule has 1 aliphatic heterocycles. The molecule has 108 valence electrons. The monoisotopic (exact) mass is 280 g/mol. The number of hydroxylamine groups is 1. The molecule has 1 heterocycles. The molecule has 0 bridgehead atoms. The maximum absolute atomic E-state index is 11.3. The fourth-order valence-corrected chi connectivity index (χ4v) is 2.02. The van der Waals surface area contributed by atoms with E-state index in [9.17, 15) is 4.79 Å². The van der Waals surface area contributed by atoms with Crippen molar-refractivity contribution in [2.24, 2.45) is 4.99 Å². The highest BCUT2D eigenvalue weighted by molar-refractivity contribution is 5.99. The summed E-state index contributed by atoms with van der Waals surface area (Å²) in [6.45, 7) is 1.97. The van der Waals surface area contributed by atoms with E-state index < -0.39 is 11.9 Å². The first-order chi connectivity index (χ1) is 9.60. The standard InChI is InChI=1S/C13H16N2O5/c1-7-4-8(5-10(18-2)11(7)19-3)13-14-9(6-20-13)12(16)15-17/h4-5,9,17H,6H2,1-3H3,(H,15,16). The molecule has 1 unspecified atom stereocenters. The van der Waals surface area contributed by atoms with E-state index in [-0.39, 0.29) is 6.61 Å². The molecule has 0 spiro atoms. The van der Waals surface area contributed by atoms with E-state index in [1.165, 1.54) is 0 Å². The van der Waals surface area contributed by atoms with Crippen LogP contribution in [0, 0.1) is 6.92 Å². The number of rotatable bonds is 4. The largest absolute Gasteiger partial charge is 0.493 e. The van der Waals surface area contributed by atoms with Gasteiger partial charge in [-0.3, -0.25) is 10.0 Å². The lowest BCUT2D eigenvalue weighted by atomic mass is 10.1. The van der Waals surface area contributed by atoms with Gasteiger partial charge < -0.3 is 14.2 Å². The van der Waals surface area contributed by atoms with E-state index in [0.29, 0.717) is 23.0 Å². The predicted molar refractivity (Wildman–Crippen MR) is 70.5 cm³/mol. The summed E-state index contributed by atoms with van der Waals surface area (Å²) in [5, 5.41) is 8.59. The maximum atomic E-state index is 11.3. The average molecular weight is 280 g/mol. The molecule has 0 radical (unpaired) electrons. The number of aliphatic imine (C=N–C) groups is 1. The van der Waals surface area contributed by atoms with Crippen LogP contribution in [0.25, 0.3) is 0 Å². The van der Waals surface area contributed by atoms with E-state index in [2.05, 4.69) is 4.99 Å². The second kappa shape index (κ2) is 5.79. The van der Waals surface area contributed by atoms with Gasteiger partial charge in [-0.1, -0.05) is 0 Å². The molecule has 1 aromatic carbocycles. The molecule has 20 heavy (non-hydrogen) atoms. The fourth-order valence-electron chi connectivity index (χ4n) is 2.02. The minimum atomic E-state index is -0.747. The Morgan fingerprint density at radius 3 is 2.80 bits per heavy atom. The molecule has 0 aromatic heterocycles. The smallest absolute Gasteiger partial charge is 0.271 e. The van der Waals surface area contributed by atoms with Gasteiger partial charge in [-0.2, -0.15) is 0 Å². The Bertz CT molecular complexity index is 556.